The molecule has 0 aromatic heterocycles. The number of hydrogen-bond donors (Lipinski definition) is 0. The maximum atomic E-state index is 13.8. The van der Waals surface area contributed by atoms with Gasteiger partial charge < -0.3 is 33.1 Å². The molecule has 0 spiro atoms. The summed E-state index contributed by atoms with van der Waals surface area (Å²) in [6.07, 6.45) is 2.65. The van der Waals surface area contributed by atoms with Crippen molar-refractivity contribution in [3.8, 4) is 0 Å². The summed E-state index contributed by atoms with van der Waals surface area (Å²) in [7, 11) is -4.36. The minimum Gasteiger partial charge on any atom is -1.00 e. The Hall–Kier alpha value is -1.79. The zero-order valence-electron chi connectivity index (χ0n) is 26.6. The first-order valence-electron chi connectivity index (χ1n) is 14.9. The van der Waals surface area contributed by atoms with Crippen molar-refractivity contribution in [3.05, 3.63) is 103 Å². The third kappa shape index (κ3) is 9.61. The van der Waals surface area contributed by atoms with Crippen LogP contribution in [0.5, 0.6) is 0 Å². The Labute approximate surface area is 274 Å². The average molecular weight is 717 g/mol. The molecular weight excluding hydrogens is 666 g/mol. The van der Waals surface area contributed by atoms with Crippen LogP contribution < -0.4 is 39.9 Å². The van der Waals surface area contributed by atoms with Gasteiger partial charge in [0.15, 0.2) is 8.32 Å². The van der Waals surface area contributed by atoms with Gasteiger partial charge in [0.05, 0.1) is 6.16 Å². The summed E-state index contributed by atoms with van der Waals surface area (Å²) in [5.41, 5.74) is 0.956. The summed E-state index contributed by atoms with van der Waals surface area (Å²) in [4.78, 5) is 13.8. The smallest absolute Gasteiger partial charge is 0.334 e. The molecule has 0 aliphatic heterocycles. The van der Waals surface area contributed by atoms with Crippen molar-refractivity contribution in [1.29, 1.82) is 0 Å². The highest BCUT2D eigenvalue weighted by Gasteiger charge is 2.47. The first-order valence-corrected chi connectivity index (χ1v) is 19.8. The Bertz CT molecular complexity index is 1140. The topological polar surface area (TPSA) is 35.5 Å². The molecule has 0 N–H and O–H groups in total. The van der Waals surface area contributed by atoms with Crippen molar-refractivity contribution < 1.29 is 37.9 Å². The molecule has 0 amide bonds. The Morgan fingerprint density at radius 2 is 1.24 bits per heavy atom. The van der Waals surface area contributed by atoms with Crippen LogP contribution in [0.25, 0.3) is 0 Å². The van der Waals surface area contributed by atoms with Crippen molar-refractivity contribution in [2.75, 3.05) is 12.8 Å². The van der Waals surface area contributed by atoms with Crippen LogP contribution in [0, 0.1) is 5.92 Å². The number of carbonyl (C=O) groups excluding carboxylic acids is 1. The average Bonchev–Trinajstić information content (AvgIpc) is 2.95. The highest BCUT2D eigenvalue weighted by molar-refractivity contribution is 7.95. The van der Waals surface area contributed by atoms with Gasteiger partial charge in [-0.15, -0.1) is 0 Å². The van der Waals surface area contributed by atoms with E-state index >= 15 is 0 Å². The van der Waals surface area contributed by atoms with Crippen molar-refractivity contribution >= 4 is 37.5 Å². The maximum absolute atomic E-state index is 13.8. The SMILES string of the molecule is C=C(CCC(C)C)COC(=O)[C@H](CC[P+](c1ccccc1)(c1ccccc1)c1ccccc1)O[Si](C)(C)C(C)(C)C.[I-]. The molecule has 0 aliphatic rings. The molecule has 3 rings (SSSR count). The van der Waals surface area contributed by atoms with Gasteiger partial charge in [0, 0.05) is 6.42 Å². The molecule has 42 heavy (non-hydrogen) atoms. The Morgan fingerprint density at radius 3 is 1.62 bits per heavy atom. The van der Waals surface area contributed by atoms with Crippen LogP contribution in [0.3, 0.4) is 0 Å². The van der Waals surface area contributed by atoms with E-state index in [1.807, 2.05) is 0 Å². The van der Waals surface area contributed by atoms with E-state index in [1.165, 1.54) is 15.9 Å². The number of benzene rings is 3. The minimum atomic E-state index is -2.26. The summed E-state index contributed by atoms with van der Waals surface area (Å²) < 4.78 is 12.8. The Balaban J connectivity index is 0.00000616. The third-order valence-electron chi connectivity index (χ3n) is 8.32. The van der Waals surface area contributed by atoms with Crippen molar-refractivity contribution in [2.45, 2.75) is 78.1 Å². The van der Waals surface area contributed by atoms with E-state index in [1.54, 1.807) is 0 Å². The van der Waals surface area contributed by atoms with Gasteiger partial charge in [-0.25, -0.2) is 4.79 Å². The predicted molar refractivity (Wildman–Crippen MR) is 181 cm³/mol. The van der Waals surface area contributed by atoms with Crippen LogP contribution in [0.1, 0.15) is 53.9 Å². The molecule has 0 radical (unpaired) electrons. The Morgan fingerprint density at radius 1 is 0.810 bits per heavy atom. The molecule has 0 unspecified atom stereocenters. The van der Waals surface area contributed by atoms with Gasteiger partial charge in [0.1, 0.15) is 35.9 Å². The van der Waals surface area contributed by atoms with E-state index in [9.17, 15) is 4.79 Å². The molecule has 6 heteroatoms. The van der Waals surface area contributed by atoms with Crippen molar-refractivity contribution in [3.63, 3.8) is 0 Å². The van der Waals surface area contributed by atoms with Crippen molar-refractivity contribution in [2.24, 2.45) is 5.92 Å². The van der Waals surface area contributed by atoms with Crippen LogP contribution in [-0.4, -0.2) is 33.2 Å². The molecule has 0 bridgehead atoms. The Kier molecular flexibility index (Phi) is 14.1. The first kappa shape index (κ1) is 36.4. The molecule has 0 fully saturated rings. The second-order valence-electron chi connectivity index (χ2n) is 13.0. The molecule has 0 aliphatic carbocycles. The second kappa shape index (κ2) is 16.3. The number of ether oxygens (including phenoxy) is 1. The fourth-order valence-corrected chi connectivity index (χ4v) is 10.4. The van der Waals surface area contributed by atoms with Crippen LogP contribution in [-0.2, 0) is 14.0 Å². The molecular formula is C36H50IO3PSi. The van der Waals surface area contributed by atoms with Gasteiger partial charge in [-0.2, -0.15) is 0 Å². The molecule has 3 nitrogen and oxygen atoms in total. The summed E-state index contributed by atoms with van der Waals surface area (Å²) >= 11 is 0. The highest BCUT2D eigenvalue weighted by Crippen LogP contribution is 2.56. The largest absolute Gasteiger partial charge is 1.00 e. The van der Waals surface area contributed by atoms with Crippen LogP contribution in [0.2, 0.25) is 18.1 Å². The lowest BCUT2D eigenvalue weighted by Gasteiger charge is -2.39. The monoisotopic (exact) mass is 716 g/mol. The third-order valence-corrected chi connectivity index (χ3v) is 17.3. The molecule has 3 aromatic carbocycles. The van der Waals surface area contributed by atoms with E-state index in [4.69, 9.17) is 9.16 Å². The van der Waals surface area contributed by atoms with Gasteiger partial charge in [-0.3, -0.25) is 0 Å². The van der Waals surface area contributed by atoms with Crippen LogP contribution >= 0.6 is 7.26 Å². The van der Waals surface area contributed by atoms with E-state index < -0.39 is 21.7 Å². The molecule has 0 saturated heterocycles. The number of halogens is 1. The van der Waals surface area contributed by atoms with Gasteiger partial charge in [0.2, 0.25) is 0 Å². The molecule has 0 saturated carbocycles. The lowest BCUT2D eigenvalue weighted by molar-refractivity contribution is -0.151. The predicted octanol–water partition coefficient (Wildman–Crippen LogP) is 5.30. The minimum absolute atomic E-state index is 0. The summed E-state index contributed by atoms with van der Waals surface area (Å²) in [5.74, 6) is 0.316. The lowest BCUT2D eigenvalue weighted by Crippen LogP contribution is -3.00. The number of rotatable bonds is 14. The lowest BCUT2D eigenvalue weighted by atomic mass is 10.0. The van der Waals surface area contributed by atoms with Gasteiger partial charge in [0.25, 0.3) is 0 Å². The quantitative estimate of drug-likeness (QED) is 0.0748. The highest BCUT2D eigenvalue weighted by atomic mass is 127. The van der Waals surface area contributed by atoms with E-state index in [-0.39, 0.29) is 41.6 Å². The van der Waals surface area contributed by atoms with Crippen LogP contribution in [0.4, 0.5) is 0 Å². The number of esters is 1. The first-order chi connectivity index (χ1) is 19.4. The molecule has 228 valence electrons. The summed E-state index contributed by atoms with van der Waals surface area (Å²) in [6, 6.07) is 32.4. The normalized spacial score (nSPS) is 12.9. The maximum Gasteiger partial charge on any atom is 0.334 e. The summed E-state index contributed by atoms with van der Waals surface area (Å²) in [5, 5.41) is 3.88. The molecule has 0 heterocycles. The fraction of sp³-hybridized carbons (Fsp3) is 0.417. The zero-order valence-corrected chi connectivity index (χ0v) is 30.7. The van der Waals surface area contributed by atoms with E-state index in [0.717, 1.165) is 24.6 Å². The summed E-state index contributed by atoms with van der Waals surface area (Å²) in [6.45, 7) is 19.9. The second-order valence-corrected chi connectivity index (χ2v) is 21.4. The number of carbonyl (C=O) groups is 1. The van der Waals surface area contributed by atoms with Crippen molar-refractivity contribution in [1.82, 2.24) is 0 Å². The fourth-order valence-electron chi connectivity index (χ4n) is 4.78. The van der Waals surface area contributed by atoms with Crippen LogP contribution in [0.15, 0.2) is 103 Å². The standard InChI is InChI=1S/C36H50O3PSi.HI/c1-29(2)24-25-30(3)28-38-35(37)34(39-41(7,8)36(4,5)6)26-27-40(31-18-12-9-13-19-31,32-20-14-10-15-21-32)33-22-16-11-17-23-33;/h9-23,29,34H,3,24-28H2,1-2,4-8H3;1H/q+1;/p-1/t34-;/m0./s1. The van der Waals surface area contributed by atoms with Gasteiger partial charge in [-0.05, 0) is 78.9 Å². The van der Waals surface area contributed by atoms with Gasteiger partial charge >= 0.3 is 5.97 Å². The number of hydrogen-bond acceptors (Lipinski definition) is 3. The molecule has 1 atom stereocenters. The zero-order chi connectivity index (χ0) is 30.1. The molecule has 3 aromatic rings. The van der Waals surface area contributed by atoms with E-state index in [0.29, 0.717) is 12.3 Å². The van der Waals surface area contributed by atoms with E-state index in [2.05, 4.69) is 145 Å². The van der Waals surface area contributed by atoms with Gasteiger partial charge in [-0.1, -0.05) is 95.8 Å².